The van der Waals surface area contributed by atoms with E-state index in [1.807, 2.05) is 13.8 Å². The van der Waals surface area contributed by atoms with E-state index in [4.69, 9.17) is 11.6 Å². The van der Waals surface area contributed by atoms with E-state index in [9.17, 15) is 8.42 Å². The fraction of sp³-hybridized carbons (Fsp3) is 0.188. The lowest BCUT2D eigenvalue weighted by Gasteiger charge is -2.09. The number of H-pyrrole nitrogens is 1. The maximum atomic E-state index is 12.5. The molecule has 7 heteroatoms. The van der Waals surface area contributed by atoms with Crippen LogP contribution in [0.3, 0.4) is 0 Å². The Hall–Kier alpha value is -2.05. The maximum absolute atomic E-state index is 12.5. The SMILES string of the molecule is CCc1nc2ccc(NS(=O)(=O)c3ccc(C)c(Cl)c3)cc2[nH]1. The van der Waals surface area contributed by atoms with Crippen molar-refractivity contribution >= 4 is 38.3 Å². The summed E-state index contributed by atoms with van der Waals surface area (Å²) < 4.78 is 27.5. The zero-order valence-corrected chi connectivity index (χ0v) is 14.3. The number of benzene rings is 2. The molecule has 0 radical (unpaired) electrons. The van der Waals surface area contributed by atoms with E-state index in [1.165, 1.54) is 12.1 Å². The third-order valence-corrected chi connectivity index (χ3v) is 5.36. The van der Waals surface area contributed by atoms with E-state index in [0.717, 1.165) is 28.8 Å². The summed E-state index contributed by atoms with van der Waals surface area (Å²) in [5.41, 5.74) is 2.91. The van der Waals surface area contributed by atoms with Crippen LogP contribution in [0.5, 0.6) is 0 Å². The van der Waals surface area contributed by atoms with Crippen molar-refractivity contribution < 1.29 is 8.42 Å². The van der Waals surface area contributed by atoms with Crippen LogP contribution in [0.4, 0.5) is 5.69 Å². The van der Waals surface area contributed by atoms with Gasteiger partial charge in [0.15, 0.2) is 0 Å². The molecule has 23 heavy (non-hydrogen) atoms. The molecule has 2 aromatic carbocycles. The summed E-state index contributed by atoms with van der Waals surface area (Å²) in [6.45, 7) is 3.83. The molecule has 2 N–H and O–H groups in total. The minimum Gasteiger partial charge on any atom is -0.342 e. The fourth-order valence-electron chi connectivity index (χ4n) is 2.25. The van der Waals surface area contributed by atoms with Gasteiger partial charge in [-0.2, -0.15) is 0 Å². The summed E-state index contributed by atoms with van der Waals surface area (Å²) in [7, 11) is -3.69. The maximum Gasteiger partial charge on any atom is 0.261 e. The number of anilines is 1. The summed E-state index contributed by atoms with van der Waals surface area (Å²) in [4.78, 5) is 7.69. The molecule has 0 spiro atoms. The van der Waals surface area contributed by atoms with Crippen LogP contribution in [0.25, 0.3) is 11.0 Å². The Morgan fingerprint density at radius 1 is 1.22 bits per heavy atom. The first-order valence-corrected chi connectivity index (χ1v) is 9.03. The molecule has 0 fully saturated rings. The van der Waals surface area contributed by atoms with Gasteiger partial charge in [0.1, 0.15) is 5.82 Å². The minimum absolute atomic E-state index is 0.132. The highest BCUT2D eigenvalue weighted by atomic mass is 35.5. The van der Waals surface area contributed by atoms with E-state index in [1.54, 1.807) is 24.3 Å². The number of aromatic amines is 1. The number of imidazole rings is 1. The van der Waals surface area contributed by atoms with Crippen LogP contribution in [0.15, 0.2) is 41.3 Å². The summed E-state index contributed by atoms with van der Waals surface area (Å²) in [5.74, 6) is 0.866. The molecule has 0 amide bonds. The van der Waals surface area contributed by atoms with Gasteiger partial charge in [-0.05, 0) is 42.8 Å². The second-order valence-electron chi connectivity index (χ2n) is 5.29. The molecule has 0 aliphatic rings. The van der Waals surface area contributed by atoms with Gasteiger partial charge in [-0.3, -0.25) is 4.72 Å². The van der Waals surface area contributed by atoms with Crippen LogP contribution in [-0.2, 0) is 16.4 Å². The second kappa shape index (κ2) is 5.86. The number of rotatable bonds is 4. The molecule has 0 aliphatic heterocycles. The lowest BCUT2D eigenvalue weighted by Crippen LogP contribution is -2.13. The van der Waals surface area contributed by atoms with Crippen LogP contribution >= 0.6 is 11.6 Å². The van der Waals surface area contributed by atoms with Gasteiger partial charge in [-0.1, -0.05) is 24.6 Å². The first-order chi connectivity index (χ1) is 10.9. The van der Waals surface area contributed by atoms with Crippen LogP contribution in [0, 0.1) is 6.92 Å². The van der Waals surface area contributed by atoms with Crippen molar-refractivity contribution in [2.75, 3.05) is 4.72 Å². The molecular weight excluding hydrogens is 334 g/mol. The largest absolute Gasteiger partial charge is 0.342 e. The Morgan fingerprint density at radius 3 is 2.70 bits per heavy atom. The lowest BCUT2D eigenvalue weighted by molar-refractivity contribution is 0.601. The number of aromatic nitrogens is 2. The predicted molar refractivity (Wildman–Crippen MR) is 92.5 cm³/mol. The van der Waals surface area contributed by atoms with Gasteiger partial charge in [-0.25, -0.2) is 13.4 Å². The van der Waals surface area contributed by atoms with Gasteiger partial charge in [-0.15, -0.1) is 0 Å². The Morgan fingerprint density at radius 2 is 2.00 bits per heavy atom. The number of nitrogens with zero attached hydrogens (tertiary/aromatic N) is 1. The molecule has 5 nitrogen and oxygen atoms in total. The number of aryl methyl sites for hydroxylation is 2. The monoisotopic (exact) mass is 349 g/mol. The van der Waals surface area contributed by atoms with Crippen LogP contribution < -0.4 is 4.72 Å². The van der Waals surface area contributed by atoms with Gasteiger partial charge in [0.2, 0.25) is 0 Å². The standard InChI is InChI=1S/C16H16ClN3O2S/c1-3-16-18-14-7-5-11(8-15(14)19-16)20-23(21,22)12-6-4-10(2)13(17)9-12/h4-9,20H,3H2,1-2H3,(H,18,19). The van der Waals surface area contributed by atoms with Crippen molar-refractivity contribution in [1.29, 1.82) is 0 Å². The molecule has 0 aliphatic carbocycles. The number of fused-ring (bicyclic) bond motifs is 1. The number of halogens is 1. The molecule has 0 saturated heterocycles. The van der Waals surface area contributed by atoms with Gasteiger partial charge in [0.05, 0.1) is 21.6 Å². The van der Waals surface area contributed by atoms with Gasteiger partial charge in [0, 0.05) is 11.4 Å². The third-order valence-electron chi connectivity index (χ3n) is 3.57. The van der Waals surface area contributed by atoms with Crippen LogP contribution in [0.1, 0.15) is 18.3 Å². The first kappa shape index (κ1) is 15.8. The smallest absolute Gasteiger partial charge is 0.261 e. The summed E-state index contributed by atoms with van der Waals surface area (Å²) >= 11 is 6.01. The van der Waals surface area contributed by atoms with E-state index < -0.39 is 10.0 Å². The molecule has 0 unspecified atom stereocenters. The zero-order valence-electron chi connectivity index (χ0n) is 12.7. The molecule has 3 aromatic rings. The average Bonchev–Trinajstić information content (AvgIpc) is 2.91. The summed E-state index contributed by atoms with van der Waals surface area (Å²) in [5, 5.41) is 0.421. The second-order valence-corrected chi connectivity index (χ2v) is 7.38. The highest BCUT2D eigenvalue weighted by Gasteiger charge is 2.16. The molecule has 0 saturated carbocycles. The molecule has 0 atom stereocenters. The topological polar surface area (TPSA) is 74.8 Å². The van der Waals surface area contributed by atoms with Crippen molar-refractivity contribution in [2.24, 2.45) is 0 Å². The highest BCUT2D eigenvalue weighted by Crippen LogP contribution is 2.24. The molecule has 0 bridgehead atoms. The number of hydrogen-bond acceptors (Lipinski definition) is 3. The van der Waals surface area contributed by atoms with E-state index in [-0.39, 0.29) is 4.90 Å². The van der Waals surface area contributed by atoms with E-state index in [0.29, 0.717) is 10.7 Å². The average molecular weight is 350 g/mol. The van der Waals surface area contributed by atoms with E-state index in [2.05, 4.69) is 14.7 Å². The summed E-state index contributed by atoms with van der Waals surface area (Å²) in [6, 6.07) is 9.87. The quantitative estimate of drug-likeness (QED) is 0.750. The Kier molecular flexibility index (Phi) is 4.04. The van der Waals surface area contributed by atoms with Gasteiger partial charge < -0.3 is 4.98 Å². The molecule has 1 heterocycles. The minimum atomic E-state index is -3.69. The first-order valence-electron chi connectivity index (χ1n) is 7.16. The van der Waals surface area contributed by atoms with Crippen molar-refractivity contribution in [1.82, 2.24) is 9.97 Å². The number of nitrogens with one attached hydrogen (secondary N) is 2. The Labute approximate surface area is 139 Å². The molecule has 3 rings (SSSR count). The van der Waals surface area contributed by atoms with Crippen molar-refractivity contribution in [3.8, 4) is 0 Å². The highest BCUT2D eigenvalue weighted by molar-refractivity contribution is 7.92. The third kappa shape index (κ3) is 3.18. The van der Waals surface area contributed by atoms with Gasteiger partial charge in [0.25, 0.3) is 10.0 Å². The van der Waals surface area contributed by atoms with Crippen LogP contribution in [-0.4, -0.2) is 18.4 Å². The Bertz CT molecular complexity index is 980. The number of sulfonamides is 1. The van der Waals surface area contributed by atoms with Crippen LogP contribution in [0.2, 0.25) is 5.02 Å². The molecular formula is C16H16ClN3O2S. The Balaban J connectivity index is 1.94. The van der Waals surface area contributed by atoms with Crippen molar-refractivity contribution in [3.63, 3.8) is 0 Å². The van der Waals surface area contributed by atoms with Crippen molar-refractivity contribution in [2.45, 2.75) is 25.2 Å². The summed E-state index contributed by atoms with van der Waals surface area (Å²) in [6.07, 6.45) is 0.789. The van der Waals surface area contributed by atoms with Crippen molar-refractivity contribution in [3.05, 3.63) is 52.8 Å². The number of hydrogen-bond donors (Lipinski definition) is 2. The molecule has 1 aromatic heterocycles. The zero-order chi connectivity index (χ0) is 16.6. The normalized spacial score (nSPS) is 11.8. The predicted octanol–water partition coefficient (Wildman–Crippen LogP) is 3.89. The van der Waals surface area contributed by atoms with E-state index >= 15 is 0 Å². The van der Waals surface area contributed by atoms with Gasteiger partial charge >= 0.3 is 0 Å². The lowest BCUT2D eigenvalue weighted by atomic mass is 10.2. The molecule has 120 valence electrons. The fourth-order valence-corrected chi connectivity index (χ4v) is 3.57.